The normalized spacial score (nSPS) is 16.9. The van der Waals surface area contributed by atoms with E-state index in [4.69, 9.17) is 5.11 Å². The van der Waals surface area contributed by atoms with E-state index in [1.807, 2.05) is 24.3 Å². The number of aliphatic carboxylic acids is 1. The van der Waals surface area contributed by atoms with Crippen molar-refractivity contribution in [3.8, 4) is 0 Å². The smallest absolute Gasteiger partial charge is 0.306 e. The number of carboxylic acids is 1. The Morgan fingerprint density at radius 3 is 2.68 bits per heavy atom. The van der Waals surface area contributed by atoms with Crippen LogP contribution in [0.15, 0.2) is 30.5 Å². The molecule has 0 unspecified atom stereocenters. The van der Waals surface area contributed by atoms with Crippen LogP contribution in [0.25, 0.3) is 10.9 Å². The zero-order valence-corrected chi connectivity index (χ0v) is 12.4. The maximum atomic E-state index is 12.4. The molecule has 2 aromatic rings. The van der Waals surface area contributed by atoms with Crippen molar-refractivity contribution in [2.75, 3.05) is 19.6 Å². The average Bonchev–Trinajstić information content (AvgIpc) is 2.97. The standard InChI is InChI=1S/C17H20N2O3/c20-16(14-11-18-15-4-2-1-3-13(14)15)7-10-19-8-5-12(6-9-19)17(21)22/h1-4,11-12,18H,5-10H2,(H,21,22). The third-order valence-corrected chi connectivity index (χ3v) is 4.48. The number of para-hydroxylation sites is 1. The van der Waals surface area contributed by atoms with Gasteiger partial charge >= 0.3 is 5.97 Å². The van der Waals surface area contributed by atoms with Gasteiger partial charge in [0, 0.05) is 35.6 Å². The number of aromatic nitrogens is 1. The molecule has 0 radical (unpaired) electrons. The average molecular weight is 300 g/mol. The number of nitrogens with zero attached hydrogens (tertiary/aromatic N) is 1. The lowest BCUT2D eigenvalue weighted by molar-refractivity contribution is -0.143. The molecule has 0 aliphatic carbocycles. The first kappa shape index (κ1) is 14.8. The van der Waals surface area contributed by atoms with Crippen LogP contribution in [0, 0.1) is 5.92 Å². The van der Waals surface area contributed by atoms with Crippen molar-refractivity contribution in [3.63, 3.8) is 0 Å². The molecule has 0 saturated carbocycles. The molecule has 0 spiro atoms. The van der Waals surface area contributed by atoms with Crippen LogP contribution in [0.5, 0.6) is 0 Å². The summed E-state index contributed by atoms with van der Waals surface area (Å²) in [4.78, 5) is 28.6. The van der Waals surface area contributed by atoms with Crippen LogP contribution in [0.1, 0.15) is 29.6 Å². The Labute approximate surface area is 128 Å². The molecule has 0 amide bonds. The van der Waals surface area contributed by atoms with Gasteiger partial charge < -0.3 is 15.0 Å². The topological polar surface area (TPSA) is 73.4 Å². The summed E-state index contributed by atoms with van der Waals surface area (Å²) < 4.78 is 0. The Morgan fingerprint density at radius 1 is 1.23 bits per heavy atom. The van der Waals surface area contributed by atoms with E-state index in [2.05, 4.69) is 9.88 Å². The van der Waals surface area contributed by atoms with Crippen LogP contribution in [0.3, 0.4) is 0 Å². The molecule has 1 aromatic carbocycles. The molecule has 0 atom stereocenters. The van der Waals surface area contributed by atoms with Crippen LogP contribution in [0.2, 0.25) is 0 Å². The van der Waals surface area contributed by atoms with Crippen LogP contribution < -0.4 is 0 Å². The largest absolute Gasteiger partial charge is 0.481 e. The van der Waals surface area contributed by atoms with E-state index in [0.29, 0.717) is 25.8 Å². The molecule has 22 heavy (non-hydrogen) atoms. The van der Waals surface area contributed by atoms with Crippen LogP contribution in [0.4, 0.5) is 0 Å². The van der Waals surface area contributed by atoms with Crippen LogP contribution in [-0.4, -0.2) is 46.4 Å². The number of benzene rings is 1. The summed E-state index contributed by atoms with van der Waals surface area (Å²) in [6, 6.07) is 7.80. The predicted octanol–water partition coefficient (Wildman–Crippen LogP) is 2.54. The number of Topliss-reactive ketones (excluding diaryl/α,β-unsaturated/α-hetero) is 1. The van der Waals surface area contributed by atoms with Gasteiger partial charge in [0.1, 0.15) is 0 Å². The number of hydrogen-bond acceptors (Lipinski definition) is 3. The molecular formula is C17H20N2O3. The monoisotopic (exact) mass is 300 g/mol. The van der Waals surface area contributed by atoms with Crippen molar-refractivity contribution in [3.05, 3.63) is 36.0 Å². The van der Waals surface area contributed by atoms with Gasteiger partial charge in [-0.2, -0.15) is 0 Å². The third-order valence-electron chi connectivity index (χ3n) is 4.48. The summed E-state index contributed by atoms with van der Waals surface area (Å²) in [5, 5.41) is 9.96. The summed E-state index contributed by atoms with van der Waals surface area (Å²) in [5.41, 5.74) is 1.73. The molecule has 3 rings (SSSR count). The number of carboxylic acid groups (broad SMARTS) is 1. The number of carbonyl (C=O) groups is 2. The molecule has 2 N–H and O–H groups in total. The highest BCUT2D eigenvalue weighted by molar-refractivity contribution is 6.07. The fourth-order valence-corrected chi connectivity index (χ4v) is 3.10. The van der Waals surface area contributed by atoms with E-state index in [0.717, 1.165) is 29.6 Å². The zero-order valence-electron chi connectivity index (χ0n) is 12.4. The number of carbonyl (C=O) groups excluding carboxylic acids is 1. The van der Waals surface area contributed by atoms with Crippen molar-refractivity contribution in [1.29, 1.82) is 0 Å². The number of fused-ring (bicyclic) bond motifs is 1. The fraction of sp³-hybridized carbons (Fsp3) is 0.412. The molecule has 1 aliphatic rings. The second-order valence-corrected chi connectivity index (χ2v) is 5.88. The lowest BCUT2D eigenvalue weighted by Crippen LogP contribution is -2.37. The molecule has 2 heterocycles. The summed E-state index contributed by atoms with van der Waals surface area (Å²) >= 11 is 0. The number of nitrogens with one attached hydrogen (secondary N) is 1. The van der Waals surface area contributed by atoms with Crippen molar-refractivity contribution in [2.24, 2.45) is 5.92 Å². The first-order valence-corrected chi connectivity index (χ1v) is 7.69. The Balaban J connectivity index is 1.56. The number of hydrogen-bond donors (Lipinski definition) is 2. The first-order valence-electron chi connectivity index (χ1n) is 7.69. The molecule has 116 valence electrons. The van der Waals surface area contributed by atoms with Gasteiger partial charge in [0.05, 0.1) is 5.92 Å². The number of ketones is 1. The Bertz CT molecular complexity index is 684. The van der Waals surface area contributed by atoms with Gasteiger partial charge in [0.2, 0.25) is 0 Å². The Kier molecular flexibility index (Phi) is 4.24. The Morgan fingerprint density at radius 2 is 1.95 bits per heavy atom. The molecular weight excluding hydrogens is 280 g/mol. The maximum absolute atomic E-state index is 12.4. The molecule has 1 aromatic heterocycles. The third kappa shape index (κ3) is 3.04. The van der Waals surface area contributed by atoms with Crippen LogP contribution in [-0.2, 0) is 4.79 Å². The minimum absolute atomic E-state index is 0.137. The summed E-state index contributed by atoms with van der Waals surface area (Å²) in [6.07, 6.45) is 3.61. The molecule has 5 nitrogen and oxygen atoms in total. The molecule has 1 fully saturated rings. The highest BCUT2D eigenvalue weighted by Gasteiger charge is 2.24. The van der Waals surface area contributed by atoms with Gasteiger partial charge in [-0.25, -0.2) is 0 Å². The Hall–Kier alpha value is -2.14. The SMILES string of the molecule is O=C(CCN1CCC(C(=O)O)CC1)c1c[nH]c2ccccc12. The lowest BCUT2D eigenvalue weighted by atomic mass is 9.97. The molecule has 5 heteroatoms. The lowest BCUT2D eigenvalue weighted by Gasteiger charge is -2.29. The highest BCUT2D eigenvalue weighted by atomic mass is 16.4. The van der Waals surface area contributed by atoms with Gasteiger partial charge in [0.15, 0.2) is 5.78 Å². The number of H-pyrrole nitrogens is 1. The molecule has 0 bridgehead atoms. The second-order valence-electron chi connectivity index (χ2n) is 5.88. The van der Waals surface area contributed by atoms with E-state index in [9.17, 15) is 9.59 Å². The summed E-state index contributed by atoms with van der Waals surface area (Å²) in [5.74, 6) is -0.784. The van der Waals surface area contributed by atoms with E-state index in [1.54, 1.807) is 6.20 Å². The quantitative estimate of drug-likeness (QED) is 0.832. The van der Waals surface area contributed by atoms with Gasteiger partial charge in [0.25, 0.3) is 0 Å². The number of aromatic amines is 1. The van der Waals surface area contributed by atoms with Gasteiger partial charge in [-0.1, -0.05) is 18.2 Å². The van der Waals surface area contributed by atoms with Crippen molar-refractivity contribution in [1.82, 2.24) is 9.88 Å². The van der Waals surface area contributed by atoms with Gasteiger partial charge in [-0.15, -0.1) is 0 Å². The summed E-state index contributed by atoms with van der Waals surface area (Å²) in [6.45, 7) is 2.22. The van der Waals surface area contributed by atoms with Crippen molar-refractivity contribution >= 4 is 22.7 Å². The van der Waals surface area contributed by atoms with Crippen molar-refractivity contribution in [2.45, 2.75) is 19.3 Å². The number of likely N-dealkylation sites (tertiary alicyclic amines) is 1. The van der Waals surface area contributed by atoms with E-state index < -0.39 is 5.97 Å². The first-order chi connectivity index (χ1) is 10.6. The summed E-state index contributed by atoms with van der Waals surface area (Å²) in [7, 11) is 0. The van der Waals surface area contributed by atoms with Crippen LogP contribution >= 0.6 is 0 Å². The van der Waals surface area contributed by atoms with Gasteiger partial charge in [-0.3, -0.25) is 9.59 Å². The van der Waals surface area contributed by atoms with E-state index in [1.165, 1.54) is 0 Å². The van der Waals surface area contributed by atoms with Crippen molar-refractivity contribution < 1.29 is 14.7 Å². The molecule has 1 saturated heterocycles. The number of rotatable bonds is 5. The van der Waals surface area contributed by atoms with E-state index >= 15 is 0 Å². The van der Waals surface area contributed by atoms with E-state index in [-0.39, 0.29) is 11.7 Å². The second kappa shape index (κ2) is 6.32. The predicted molar refractivity (Wildman–Crippen MR) is 84.0 cm³/mol. The fourth-order valence-electron chi connectivity index (χ4n) is 3.10. The minimum atomic E-state index is -0.700. The zero-order chi connectivity index (χ0) is 15.5. The molecule has 1 aliphatic heterocycles. The number of piperidine rings is 1. The van der Waals surface area contributed by atoms with Gasteiger partial charge in [-0.05, 0) is 32.0 Å². The minimum Gasteiger partial charge on any atom is -0.481 e. The highest BCUT2D eigenvalue weighted by Crippen LogP contribution is 2.21. The maximum Gasteiger partial charge on any atom is 0.306 e.